The summed E-state index contributed by atoms with van der Waals surface area (Å²) >= 11 is 5.98. The second-order valence-electron chi connectivity index (χ2n) is 5.75. The van der Waals surface area contributed by atoms with Gasteiger partial charge < -0.3 is 10.2 Å². The van der Waals surface area contributed by atoms with Gasteiger partial charge in [-0.3, -0.25) is 9.69 Å². The average molecular weight is 344 g/mol. The Hall–Kier alpha value is -2.53. The SMILES string of the molecule is Cc1ccc(NC(=O)CN2CCN(c3cccc(Cl)c3)C2=O)cc1. The average Bonchev–Trinajstić information content (AvgIpc) is 2.90. The molecule has 0 saturated carbocycles. The fourth-order valence-electron chi connectivity index (χ4n) is 2.62. The summed E-state index contributed by atoms with van der Waals surface area (Å²) in [5.41, 5.74) is 2.60. The highest BCUT2D eigenvalue weighted by atomic mass is 35.5. The minimum Gasteiger partial charge on any atom is -0.325 e. The molecular formula is C18H18ClN3O2. The summed E-state index contributed by atoms with van der Waals surface area (Å²) < 4.78 is 0. The molecule has 2 aromatic rings. The molecule has 0 atom stereocenters. The second-order valence-corrected chi connectivity index (χ2v) is 6.19. The van der Waals surface area contributed by atoms with Crippen molar-refractivity contribution >= 4 is 34.9 Å². The molecule has 1 saturated heterocycles. The highest BCUT2D eigenvalue weighted by Crippen LogP contribution is 2.23. The van der Waals surface area contributed by atoms with Crippen molar-refractivity contribution in [2.75, 3.05) is 29.9 Å². The number of rotatable bonds is 4. The van der Waals surface area contributed by atoms with Crippen molar-refractivity contribution in [3.05, 3.63) is 59.1 Å². The molecule has 1 aliphatic heterocycles. The molecule has 0 aliphatic carbocycles. The van der Waals surface area contributed by atoms with E-state index >= 15 is 0 Å². The first-order valence-electron chi connectivity index (χ1n) is 7.71. The van der Waals surface area contributed by atoms with E-state index in [1.807, 2.05) is 37.3 Å². The van der Waals surface area contributed by atoms with Gasteiger partial charge in [0.25, 0.3) is 0 Å². The summed E-state index contributed by atoms with van der Waals surface area (Å²) in [6, 6.07) is 14.5. The van der Waals surface area contributed by atoms with E-state index < -0.39 is 0 Å². The van der Waals surface area contributed by atoms with Crippen LogP contribution in [-0.4, -0.2) is 36.5 Å². The standard InChI is InChI=1S/C18H18ClN3O2/c1-13-5-7-15(8-6-13)20-17(23)12-21-9-10-22(18(21)24)16-4-2-3-14(19)11-16/h2-8,11H,9-10,12H2,1H3,(H,20,23). The van der Waals surface area contributed by atoms with E-state index in [9.17, 15) is 9.59 Å². The summed E-state index contributed by atoms with van der Waals surface area (Å²) in [7, 11) is 0. The fourth-order valence-corrected chi connectivity index (χ4v) is 2.81. The van der Waals surface area contributed by atoms with Gasteiger partial charge in [0, 0.05) is 29.5 Å². The number of aryl methyl sites for hydroxylation is 1. The van der Waals surface area contributed by atoms with Crippen LogP contribution < -0.4 is 10.2 Å². The predicted molar refractivity (Wildman–Crippen MR) is 95.6 cm³/mol. The van der Waals surface area contributed by atoms with Crippen LogP contribution in [0.3, 0.4) is 0 Å². The highest BCUT2D eigenvalue weighted by Gasteiger charge is 2.30. The normalized spacial score (nSPS) is 14.2. The van der Waals surface area contributed by atoms with E-state index in [1.54, 1.807) is 23.1 Å². The summed E-state index contributed by atoms with van der Waals surface area (Å²) in [5.74, 6) is -0.208. The van der Waals surface area contributed by atoms with Gasteiger partial charge in [-0.05, 0) is 37.3 Å². The minimum atomic E-state index is -0.208. The number of nitrogens with one attached hydrogen (secondary N) is 1. The lowest BCUT2D eigenvalue weighted by molar-refractivity contribution is -0.116. The summed E-state index contributed by atoms with van der Waals surface area (Å²) in [6.45, 7) is 3.06. The zero-order valence-electron chi connectivity index (χ0n) is 13.3. The summed E-state index contributed by atoms with van der Waals surface area (Å²) in [4.78, 5) is 27.8. The van der Waals surface area contributed by atoms with E-state index in [0.717, 1.165) is 16.9 Å². The number of carbonyl (C=O) groups excluding carboxylic acids is 2. The lowest BCUT2D eigenvalue weighted by Gasteiger charge is -2.18. The Morgan fingerprint density at radius 1 is 1.17 bits per heavy atom. The zero-order chi connectivity index (χ0) is 17.1. The van der Waals surface area contributed by atoms with Crippen molar-refractivity contribution < 1.29 is 9.59 Å². The van der Waals surface area contributed by atoms with Crippen molar-refractivity contribution in [1.82, 2.24) is 4.90 Å². The lowest BCUT2D eigenvalue weighted by Crippen LogP contribution is -2.37. The number of hydrogen-bond donors (Lipinski definition) is 1. The summed E-state index contributed by atoms with van der Waals surface area (Å²) in [6.07, 6.45) is 0. The number of benzene rings is 2. The maximum absolute atomic E-state index is 12.5. The van der Waals surface area contributed by atoms with Gasteiger partial charge >= 0.3 is 6.03 Å². The molecule has 1 fully saturated rings. The molecule has 1 aliphatic rings. The van der Waals surface area contributed by atoms with Crippen LogP contribution >= 0.6 is 11.6 Å². The number of carbonyl (C=O) groups is 2. The molecule has 0 spiro atoms. The Labute approximate surface area is 145 Å². The number of halogens is 1. The molecular weight excluding hydrogens is 326 g/mol. The fraction of sp³-hybridized carbons (Fsp3) is 0.222. The molecule has 24 heavy (non-hydrogen) atoms. The van der Waals surface area contributed by atoms with Gasteiger partial charge in [-0.2, -0.15) is 0 Å². The summed E-state index contributed by atoms with van der Waals surface area (Å²) in [5, 5.41) is 3.39. The van der Waals surface area contributed by atoms with E-state index in [2.05, 4.69) is 5.32 Å². The van der Waals surface area contributed by atoms with Crippen LogP contribution in [0.15, 0.2) is 48.5 Å². The molecule has 5 nitrogen and oxygen atoms in total. The second kappa shape index (κ2) is 6.93. The Morgan fingerprint density at radius 3 is 2.62 bits per heavy atom. The third kappa shape index (κ3) is 3.68. The molecule has 3 amide bonds. The van der Waals surface area contributed by atoms with E-state index in [1.165, 1.54) is 4.90 Å². The Morgan fingerprint density at radius 2 is 1.92 bits per heavy atom. The number of amides is 3. The third-order valence-electron chi connectivity index (χ3n) is 3.88. The zero-order valence-corrected chi connectivity index (χ0v) is 14.1. The topological polar surface area (TPSA) is 52.7 Å². The number of anilines is 2. The first kappa shape index (κ1) is 16.3. The monoisotopic (exact) mass is 343 g/mol. The van der Waals surface area contributed by atoms with Gasteiger partial charge in [0.1, 0.15) is 6.54 Å². The smallest absolute Gasteiger partial charge is 0.325 e. The van der Waals surface area contributed by atoms with Crippen molar-refractivity contribution in [3.8, 4) is 0 Å². The molecule has 1 N–H and O–H groups in total. The van der Waals surface area contributed by atoms with E-state index in [4.69, 9.17) is 11.6 Å². The van der Waals surface area contributed by atoms with Gasteiger partial charge in [-0.25, -0.2) is 4.79 Å². The van der Waals surface area contributed by atoms with Crippen LogP contribution in [0.25, 0.3) is 0 Å². The maximum Gasteiger partial charge on any atom is 0.325 e. The van der Waals surface area contributed by atoms with Crippen LogP contribution in [0.5, 0.6) is 0 Å². The van der Waals surface area contributed by atoms with Gasteiger partial charge in [0.05, 0.1) is 0 Å². The van der Waals surface area contributed by atoms with Gasteiger partial charge in [0.2, 0.25) is 5.91 Å². The van der Waals surface area contributed by atoms with E-state index in [0.29, 0.717) is 18.1 Å². The Kier molecular flexibility index (Phi) is 4.71. The molecule has 3 rings (SSSR count). The van der Waals surface area contributed by atoms with Crippen molar-refractivity contribution in [2.45, 2.75) is 6.92 Å². The Balaban J connectivity index is 1.61. The van der Waals surface area contributed by atoms with Gasteiger partial charge in [0.15, 0.2) is 0 Å². The van der Waals surface area contributed by atoms with Crippen LogP contribution in [0.4, 0.5) is 16.2 Å². The van der Waals surface area contributed by atoms with Crippen LogP contribution in [-0.2, 0) is 4.79 Å². The maximum atomic E-state index is 12.5. The molecule has 6 heteroatoms. The molecule has 2 aromatic carbocycles. The van der Waals surface area contributed by atoms with E-state index in [-0.39, 0.29) is 18.5 Å². The first-order valence-corrected chi connectivity index (χ1v) is 8.09. The van der Waals surface area contributed by atoms with Crippen LogP contribution in [0, 0.1) is 6.92 Å². The lowest BCUT2D eigenvalue weighted by atomic mass is 10.2. The third-order valence-corrected chi connectivity index (χ3v) is 4.12. The van der Waals surface area contributed by atoms with Crippen molar-refractivity contribution in [3.63, 3.8) is 0 Å². The molecule has 124 valence electrons. The van der Waals surface area contributed by atoms with Crippen LogP contribution in [0.1, 0.15) is 5.56 Å². The number of nitrogens with zero attached hydrogens (tertiary/aromatic N) is 2. The molecule has 0 radical (unpaired) electrons. The predicted octanol–water partition coefficient (Wildman–Crippen LogP) is 3.53. The largest absolute Gasteiger partial charge is 0.325 e. The highest BCUT2D eigenvalue weighted by molar-refractivity contribution is 6.30. The Bertz CT molecular complexity index is 761. The molecule has 0 bridgehead atoms. The number of urea groups is 1. The van der Waals surface area contributed by atoms with Crippen molar-refractivity contribution in [2.24, 2.45) is 0 Å². The van der Waals surface area contributed by atoms with Gasteiger partial charge in [-0.15, -0.1) is 0 Å². The van der Waals surface area contributed by atoms with Gasteiger partial charge in [-0.1, -0.05) is 35.4 Å². The van der Waals surface area contributed by atoms with Crippen LogP contribution in [0.2, 0.25) is 5.02 Å². The molecule has 0 unspecified atom stereocenters. The molecule has 0 aromatic heterocycles. The van der Waals surface area contributed by atoms with Crippen molar-refractivity contribution in [1.29, 1.82) is 0 Å². The molecule has 1 heterocycles. The first-order chi connectivity index (χ1) is 11.5. The minimum absolute atomic E-state index is 0.0315. The quantitative estimate of drug-likeness (QED) is 0.923. The number of hydrogen-bond acceptors (Lipinski definition) is 2.